The maximum Gasteiger partial charge on any atom is 0.322 e. The monoisotopic (exact) mass is 293 g/mol. The Morgan fingerprint density at radius 1 is 1.05 bits per heavy atom. The van der Waals surface area contributed by atoms with Crippen molar-refractivity contribution in [2.24, 2.45) is 5.73 Å². The molecule has 8 nitrogen and oxygen atoms in total. The van der Waals surface area contributed by atoms with Crippen molar-refractivity contribution >= 4 is 29.4 Å². The third-order valence-corrected chi connectivity index (χ3v) is 2.48. The van der Waals surface area contributed by atoms with E-state index >= 15 is 0 Å². The van der Waals surface area contributed by atoms with Gasteiger partial charge < -0.3 is 21.5 Å². The molecule has 1 rings (SSSR count). The lowest BCUT2D eigenvalue weighted by Crippen LogP contribution is -2.30. The number of hydrogen-bond acceptors (Lipinski definition) is 4. The van der Waals surface area contributed by atoms with Crippen molar-refractivity contribution in [1.82, 2.24) is 5.32 Å². The second-order valence-electron chi connectivity index (χ2n) is 4.13. The Morgan fingerprint density at radius 3 is 2.29 bits per heavy atom. The van der Waals surface area contributed by atoms with Crippen LogP contribution in [0.25, 0.3) is 0 Å². The van der Waals surface area contributed by atoms with Gasteiger partial charge in [-0.25, -0.2) is 0 Å². The minimum atomic E-state index is -1.16. The van der Waals surface area contributed by atoms with Crippen LogP contribution in [0.4, 0.5) is 5.69 Å². The van der Waals surface area contributed by atoms with Gasteiger partial charge in [-0.05, 0) is 12.1 Å². The number of para-hydroxylation sites is 1. The summed E-state index contributed by atoms with van der Waals surface area (Å²) in [5, 5.41) is 13.0. The summed E-state index contributed by atoms with van der Waals surface area (Å²) in [5.74, 6) is -2.86. The fourth-order valence-electron chi connectivity index (χ4n) is 1.51. The summed E-state index contributed by atoms with van der Waals surface area (Å²) >= 11 is 0. The van der Waals surface area contributed by atoms with Crippen LogP contribution in [0.1, 0.15) is 23.2 Å². The van der Waals surface area contributed by atoms with Crippen molar-refractivity contribution in [2.75, 3.05) is 11.9 Å². The van der Waals surface area contributed by atoms with Gasteiger partial charge >= 0.3 is 5.97 Å². The molecular weight excluding hydrogens is 278 g/mol. The third-order valence-electron chi connectivity index (χ3n) is 2.48. The largest absolute Gasteiger partial charge is 0.480 e. The first-order chi connectivity index (χ1) is 9.90. The number of carboxylic acids is 1. The van der Waals surface area contributed by atoms with Crippen LogP contribution in [-0.2, 0) is 14.4 Å². The van der Waals surface area contributed by atoms with E-state index in [1.165, 1.54) is 12.1 Å². The first-order valence-corrected chi connectivity index (χ1v) is 6.07. The highest BCUT2D eigenvalue weighted by atomic mass is 16.4. The number of carbonyl (C=O) groups excluding carboxylic acids is 3. The number of nitrogens with two attached hydrogens (primary N) is 1. The molecular formula is C13H15N3O5. The van der Waals surface area contributed by atoms with E-state index in [-0.39, 0.29) is 24.1 Å². The van der Waals surface area contributed by atoms with Gasteiger partial charge in [0.25, 0.3) is 5.91 Å². The lowest BCUT2D eigenvalue weighted by Gasteiger charge is -2.08. The summed E-state index contributed by atoms with van der Waals surface area (Å²) in [6.45, 7) is -0.495. The van der Waals surface area contributed by atoms with Crippen molar-refractivity contribution in [3.05, 3.63) is 29.8 Å². The van der Waals surface area contributed by atoms with E-state index in [1.807, 2.05) is 0 Å². The summed E-state index contributed by atoms with van der Waals surface area (Å²) in [5.41, 5.74) is 5.60. The molecule has 21 heavy (non-hydrogen) atoms. The highest BCUT2D eigenvalue weighted by molar-refractivity contribution is 6.03. The van der Waals surface area contributed by atoms with Crippen molar-refractivity contribution in [2.45, 2.75) is 12.8 Å². The Labute approximate surface area is 120 Å². The Bertz CT molecular complexity index is 571. The number of aliphatic carboxylic acids is 1. The van der Waals surface area contributed by atoms with Crippen molar-refractivity contribution in [1.29, 1.82) is 0 Å². The zero-order chi connectivity index (χ0) is 15.8. The van der Waals surface area contributed by atoms with E-state index < -0.39 is 30.2 Å². The molecule has 0 spiro atoms. The average Bonchev–Trinajstić information content (AvgIpc) is 2.43. The van der Waals surface area contributed by atoms with Crippen LogP contribution in [0.5, 0.6) is 0 Å². The van der Waals surface area contributed by atoms with Gasteiger partial charge in [0.1, 0.15) is 6.54 Å². The summed E-state index contributed by atoms with van der Waals surface area (Å²) in [4.78, 5) is 44.3. The van der Waals surface area contributed by atoms with Gasteiger partial charge in [0.15, 0.2) is 0 Å². The second kappa shape index (κ2) is 7.63. The summed E-state index contributed by atoms with van der Waals surface area (Å²) in [6.07, 6.45) is -0.295. The fourth-order valence-corrected chi connectivity index (χ4v) is 1.51. The lowest BCUT2D eigenvalue weighted by atomic mass is 10.1. The number of primary amides is 1. The van der Waals surface area contributed by atoms with Gasteiger partial charge in [0, 0.05) is 12.8 Å². The number of amides is 3. The van der Waals surface area contributed by atoms with Crippen LogP contribution in [0.2, 0.25) is 0 Å². The van der Waals surface area contributed by atoms with Crippen LogP contribution in [0.15, 0.2) is 24.3 Å². The van der Waals surface area contributed by atoms with E-state index in [1.54, 1.807) is 12.1 Å². The fraction of sp³-hybridized carbons (Fsp3) is 0.231. The van der Waals surface area contributed by atoms with Gasteiger partial charge in [0.2, 0.25) is 11.8 Å². The topological polar surface area (TPSA) is 139 Å². The van der Waals surface area contributed by atoms with E-state index in [0.717, 1.165) is 0 Å². The van der Waals surface area contributed by atoms with Crippen LogP contribution in [0, 0.1) is 0 Å². The molecule has 0 aliphatic rings. The van der Waals surface area contributed by atoms with Crippen LogP contribution in [0.3, 0.4) is 0 Å². The molecule has 0 aliphatic heterocycles. The minimum absolute atomic E-state index is 0.140. The molecule has 0 unspecified atom stereocenters. The standard InChI is InChI=1S/C13H15N3O5/c14-13(21)8-3-1-2-4-9(8)16-11(18)6-5-10(17)15-7-12(19)20/h1-4H,5-7H2,(H2,14,21)(H,15,17)(H,16,18)(H,19,20). The molecule has 0 aromatic heterocycles. The lowest BCUT2D eigenvalue weighted by molar-refractivity contribution is -0.138. The molecule has 8 heteroatoms. The zero-order valence-corrected chi connectivity index (χ0v) is 11.1. The Kier molecular flexibility index (Phi) is 5.87. The normalized spacial score (nSPS) is 9.71. The maximum atomic E-state index is 11.7. The van der Waals surface area contributed by atoms with E-state index in [9.17, 15) is 19.2 Å². The molecule has 1 aromatic rings. The summed E-state index contributed by atoms with van der Waals surface area (Å²) < 4.78 is 0. The number of benzene rings is 1. The zero-order valence-electron chi connectivity index (χ0n) is 11.1. The van der Waals surface area contributed by atoms with Gasteiger partial charge in [0.05, 0.1) is 11.3 Å². The van der Waals surface area contributed by atoms with Crippen molar-refractivity contribution < 1.29 is 24.3 Å². The number of carboxylic acid groups (broad SMARTS) is 1. The minimum Gasteiger partial charge on any atom is -0.480 e. The van der Waals surface area contributed by atoms with Gasteiger partial charge in [-0.15, -0.1) is 0 Å². The van der Waals surface area contributed by atoms with Crippen molar-refractivity contribution in [3.8, 4) is 0 Å². The predicted octanol–water partition coefficient (Wildman–Crippen LogP) is -0.295. The van der Waals surface area contributed by atoms with Crippen LogP contribution < -0.4 is 16.4 Å². The van der Waals surface area contributed by atoms with E-state index in [4.69, 9.17) is 10.8 Å². The molecule has 0 bridgehead atoms. The van der Waals surface area contributed by atoms with Gasteiger partial charge in [-0.3, -0.25) is 19.2 Å². The Balaban J connectivity index is 2.49. The molecule has 0 radical (unpaired) electrons. The van der Waals surface area contributed by atoms with Crippen LogP contribution >= 0.6 is 0 Å². The molecule has 0 fully saturated rings. The Hall–Kier alpha value is -2.90. The van der Waals surface area contributed by atoms with Crippen molar-refractivity contribution in [3.63, 3.8) is 0 Å². The Morgan fingerprint density at radius 2 is 1.67 bits per heavy atom. The van der Waals surface area contributed by atoms with Gasteiger partial charge in [-0.1, -0.05) is 12.1 Å². The highest BCUT2D eigenvalue weighted by Gasteiger charge is 2.12. The smallest absolute Gasteiger partial charge is 0.322 e. The highest BCUT2D eigenvalue weighted by Crippen LogP contribution is 2.14. The molecule has 0 heterocycles. The second-order valence-corrected chi connectivity index (χ2v) is 4.13. The molecule has 0 saturated carbocycles. The molecule has 0 saturated heterocycles. The number of carbonyl (C=O) groups is 4. The molecule has 3 amide bonds. The molecule has 5 N–H and O–H groups in total. The number of hydrogen-bond donors (Lipinski definition) is 4. The first-order valence-electron chi connectivity index (χ1n) is 6.07. The van der Waals surface area contributed by atoms with E-state index in [0.29, 0.717) is 0 Å². The maximum absolute atomic E-state index is 11.7. The molecule has 0 atom stereocenters. The summed E-state index contributed by atoms with van der Waals surface area (Å²) in [6, 6.07) is 6.22. The number of rotatable bonds is 7. The predicted molar refractivity (Wildman–Crippen MR) is 73.5 cm³/mol. The van der Waals surface area contributed by atoms with Gasteiger partial charge in [-0.2, -0.15) is 0 Å². The third kappa shape index (κ3) is 5.72. The van der Waals surface area contributed by atoms with E-state index in [2.05, 4.69) is 10.6 Å². The quantitative estimate of drug-likeness (QED) is 0.547. The molecule has 0 aliphatic carbocycles. The average molecular weight is 293 g/mol. The number of nitrogens with one attached hydrogen (secondary N) is 2. The molecule has 112 valence electrons. The van der Waals surface area contributed by atoms with Crippen LogP contribution in [-0.4, -0.2) is 35.3 Å². The molecule has 1 aromatic carbocycles. The SMILES string of the molecule is NC(=O)c1ccccc1NC(=O)CCC(=O)NCC(=O)O. The first kappa shape index (κ1) is 16.2. The number of anilines is 1. The summed E-state index contributed by atoms with van der Waals surface area (Å²) in [7, 11) is 0.